The largest absolute Gasteiger partial charge is 0.355 e. The maximum atomic E-state index is 11.7. The molecule has 1 aliphatic rings. The van der Waals surface area contributed by atoms with Crippen LogP contribution in [-0.2, 0) is 15.0 Å². The average molecular weight is 263 g/mol. The minimum absolute atomic E-state index is 0.0291. The van der Waals surface area contributed by atoms with Crippen LogP contribution in [0, 0.1) is 5.92 Å². The molecule has 100 valence electrons. The molecule has 0 heterocycles. The molecular formula is C10H21N3O3S. The van der Waals surface area contributed by atoms with E-state index in [1.165, 1.54) is 11.4 Å². The fourth-order valence-electron chi connectivity index (χ4n) is 1.23. The zero-order valence-electron chi connectivity index (χ0n) is 10.6. The van der Waals surface area contributed by atoms with Crippen molar-refractivity contribution in [1.29, 1.82) is 0 Å². The number of nitrogens with one attached hydrogen (secondary N) is 2. The van der Waals surface area contributed by atoms with Crippen LogP contribution < -0.4 is 10.0 Å². The predicted molar refractivity (Wildman–Crippen MR) is 65.6 cm³/mol. The molecule has 2 N–H and O–H groups in total. The van der Waals surface area contributed by atoms with Gasteiger partial charge in [-0.2, -0.15) is 12.7 Å². The Labute approximate surface area is 103 Å². The summed E-state index contributed by atoms with van der Waals surface area (Å²) in [5.41, 5.74) is 0. The van der Waals surface area contributed by atoms with Gasteiger partial charge in [0.25, 0.3) is 10.2 Å². The standard InChI is InChI=1S/C10H21N3O3S/c1-8(2)13(3)17(15,16)12-7-6-11-10(14)9-4-5-9/h8-9,12H,4-7H2,1-3H3,(H,11,14). The first-order chi connectivity index (χ1) is 7.84. The van der Waals surface area contributed by atoms with E-state index in [1.807, 2.05) is 0 Å². The average Bonchev–Trinajstić information content (AvgIpc) is 3.06. The highest BCUT2D eigenvalue weighted by Crippen LogP contribution is 2.28. The zero-order chi connectivity index (χ0) is 13.1. The highest BCUT2D eigenvalue weighted by atomic mass is 32.2. The Bertz CT molecular complexity index is 363. The van der Waals surface area contributed by atoms with E-state index in [4.69, 9.17) is 0 Å². The van der Waals surface area contributed by atoms with Gasteiger partial charge in [-0.15, -0.1) is 0 Å². The van der Waals surface area contributed by atoms with Crippen LogP contribution in [0.5, 0.6) is 0 Å². The second-order valence-electron chi connectivity index (χ2n) is 4.57. The molecule has 1 rings (SSSR count). The van der Waals surface area contributed by atoms with Crippen molar-refractivity contribution in [3.8, 4) is 0 Å². The number of nitrogens with zero attached hydrogens (tertiary/aromatic N) is 1. The van der Waals surface area contributed by atoms with Crippen molar-refractivity contribution in [2.24, 2.45) is 5.92 Å². The summed E-state index contributed by atoms with van der Waals surface area (Å²) in [5.74, 6) is 0.186. The van der Waals surface area contributed by atoms with Gasteiger partial charge in [-0.05, 0) is 26.7 Å². The monoisotopic (exact) mass is 263 g/mol. The molecule has 0 unspecified atom stereocenters. The molecule has 17 heavy (non-hydrogen) atoms. The maximum Gasteiger partial charge on any atom is 0.279 e. The van der Waals surface area contributed by atoms with Crippen LogP contribution in [0.15, 0.2) is 0 Å². The summed E-state index contributed by atoms with van der Waals surface area (Å²) in [6.07, 6.45) is 1.90. The molecule has 0 spiro atoms. The number of carbonyl (C=O) groups excluding carboxylic acids is 1. The third-order valence-electron chi connectivity index (χ3n) is 2.76. The van der Waals surface area contributed by atoms with E-state index in [1.54, 1.807) is 13.8 Å². The van der Waals surface area contributed by atoms with E-state index in [0.29, 0.717) is 6.54 Å². The fraction of sp³-hybridized carbons (Fsp3) is 0.900. The fourth-order valence-corrected chi connectivity index (χ4v) is 2.35. The van der Waals surface area contributed by atoms with Gasteiger partial charge in [0.1, 0.15) is 0 Å². The Morgan fingerprint density at radius 3 is 2.41 bits per heavy atom. The van der Waals surface area contributed by atoms with Gasteiger partial charge in [-0.3, -0.25) is 4.79 Å². The van der Waals surface area contributed by atoms with Crippen LogP contribution in [0.3, 0.4) is 0 Å². The van der Waals surface area contributed by atoms with Gasteiger partial charge in [-0.1, -0.05) is 0 Å². The molecule has 1 amide bonds. The highest BCUT2D eigenvalue weighted by molar-refractivity contribution is 7.87. The number of rotatable bonds is 7. The van der Waals surface area contributed by atoms with Crippen molar-refractivity contribution in [1.82, 2.24) is 14.3 Å². The van der Waals surface area contributed by atoms with Gasteiger partial charge >= 0.3 is 0 Å². The molecular weight excluding hydrogens is 242 g/mol. The summed E-state index contributed by atoms with van der Waals surface area (Å²) in [7, 11) is -1.91. The smallest absolute Gasteiger partial charge is 0.279 e. The minimum atomic E-state index is -3.43. The van der Waals surface area contributed by atoms with Crippen molar-refractivity contribution in [3.63, 3.8) is 0 Å². The third kappa shape index (κ3) is 4.61. The first kappa shape index (κ1) is 14.4. The summed E-state index contributed by atoms with van der Waals surface area (Å²) in [4.78, 5) is 11.3. The Hall–Kier alpha value is -0.660. The Morgan fingerprint density at radius 1 is 1.35 bits per heavy atom. The number of hydrogen-bond donors (Lipinski definition) is 2. The van der Waals surface area contributed by atoms with E-state index in [9.17, 15) is 13.2 Å². The molecule has 1 fully saturated rings. The van der Waals surface area contributed by atoms with Crippen LogP contribution >= 0.6 is 0 Å². The normalized spacial score (nSPS) is 16.5. The lowest BCUT2D eigenvalue weighted by atomic mass is 10.4. The second-order valence-corrected chi connectivity index (χ2v) is 6.39. The molecule has 0 aromatic rings. The molecule has 0 atom stereocenters. The molecule has 0 saturated heterocycles. The minimum Gasteiger partial charge on any atom is -0.355 e. The molecule has 1 saturated carbocycles. The number of carbonyl (C=O) groups is 1. The van der Waals surface area contributed by atoms with Crippen molar-refractivity contribution in [2.45, 2.75) is 32.7 Å². The SMILES string of the molecule is CC(C)N(C)S(=O)(=O)NCCNC(=O)C1CC1. The van der Waals surface area contributed by atoms with Gasteiger partial charge in [0, 0.05) is 32.1 Å². The first-order valence-electron chi connectivity index (χ1n) is 5.85. The van der Waals surface area contributed by atoms with Gasteiger partial charge in [0.05, 0.1) is 0 Å². The van der Waals surface area contributed by atoms with Gasteiger partial charge < -0.3 is 5.32 Å². The molecule has 0 aromatic carbocycles. The van der Waals surface area contributed by atoms with Crippen LogP contribution in [0.2, 0.25) is 0 Å². The number of hydrogen-bond acceptors (Lipinski definition) is 3. The molecule has 7 heteroatoms. The summed E-state index contributed by atoms with van der Waals surface area (Å²) in [5, 5.41) is 2.70. The topological polar surface area (TPSA) is 78.5 Å². The van der Waals surface area contributed by atoms with Gasteiger partial charge in [-0.25, -0.2) is 4.72 Å². The number of amides is 1. The second kappa shape index (κ2) is 5.79. The van der Waals surface area contributed by atoms with Crippen molar-refractivity contribution in [2.75, 3.05) is 20.1 Å². The zero-order valence-corrected chi connectivity index (χ0v) is 11.4. The van der Waals surface area contributed by atoms with Gasteiger partial charge in [0.15, 0.2) is 0 Å². The third-order valence-corrected chi connectivity index (χ3v) is 4.51. The summed E-state index contributed by atoms with van der Waals surface area (Å²) < 4.78 is 27.0. The van der Waals surface area contributed by atoms with Crippen LogP contribution in [0.25, 0.3) is 0 Å². The summed E-state index contributed by atoms with van der Waals surface area (Å²) >= 11 is 0. The lowest BCUT2D eigenvalue weighted by molar-refractivity contribution is -0.122. The lowest BCUT2D eigenvalue weighted by Crippen LogP contribution is -2.44. The first-order valence-corrected chi connectivity index (χ1v) is 7.29. The Balaban J connectivity index is 2.22. The Kier molecular flexibility index (Phi) is 4.91. The van der Waals surface area contributed by atoms with Crippen LogP contribution in [-0.4, -0.2) is 44.8 Å². The summed E-state index contributed by atoms with van der Waals surface area (Å²) in [6, 6.07) is -0.0893. The lowest BCUT2D eigenvalue weighted by Gasteiger charge is -2.21. The van der Waals surface area contributed by atoms with Gasteiger partial charge in [0.2, 0.25) is 5.91 Å². The van der Waals surface area contributed by atoms with Crippen molar-refractivity contribution >= 4 is 16.1 Å². The molecule has 0 aromatic heterocycles. The van der Waals surface area contributed by atoms with Crippen LogP contribution in [0.4, 0.5) is 0 Å². The van der Waals surface area contributed by atoms with E-state index >= 15 is 0 Å². The van der Waals surface area contributed by atoms with E-state index in [2.05, 4.69) is 10.0 Å². The molecule has 1 aliphatic carbocycles. The molecule has 0 radical (unpaired) electrons. The maximum absolute atomic E-state index is 11.7. The highest BCUT2D eigenvalue weighted by Gasteiger charge is 2.29. The van der Waals surface area contributed by atoms with E-state index in [-0.39, 0.29) is 24.4 Å². The van der Waals surface area contributed by atoms with Crippen LogP contribution in [0.1, 0.15) is 26.7 Å². The Morgan fingerprint density at radius 2 is 1.94 bits per heavy atom. The van der Waals surface area contributed by atoms with Crippen molar-refractivity contribution in [3.05, 3.63) is 0 Å². The molecule has 6 nitrogen and oxygen atoms in total. The molecule has 0 aliphatic heterocycles. The summed E-state index contributed by atoms with van der Waals surface area (Å²) in [6.45, 7) is 4.15. The molecule has 0 bridgehead atoms. The van der Waals surface area contributed by atoms with Crippen molar-refractivity contribution < 1.29 is 13.2 Å². The predicted octanol–water partition coefficient (Wildman–Crippen LogP) is -0.313. The van der Waals surface area contributed by atoms with E-state index < -0.39 is 10.2 Å². The quantitative estimate of drug-likeness (QED) is 0.618. The van der Waals surface area contributed by atoms with E-state index in [0.717, 1.165) is 12.8 Å².